The SMILES string of the molecule is Cc1cc(C)cc(NC(=O)COC(=O)c2cc3c(C)nn(-c4ccc(Cl)cc4)c3s2)c1. The van der Waals surface area contributed by atoms with Crippen LogP contribution < -0.4 is 5.32 Å². The summed E-state index contributed by atoms with van der Waals surface area (Å²) in [5.41, 5.74) is 4.41. The van der Waals surface area contributed by atoms with Gasteiger partial charge in [-0.2, -0.15) is 5.10 Å². The van der Waals surface area contributed by atoms with E-state index in [4.69, 9.17) is 16.3 Å². The van der Waals surface area contributed by atoms with E-state index >= 15 is 0 Å². The van der Waals surface area contributed by atoms with Crippen LogP contribution in [0.5, 0.6) is 0 Å². The number of halogens is 1. The number of rotatable bonds is 5. The first-order chi connectivity index (χ1) is 14.8. The van der Waals surface area contributed by atoms with Gasteiger partial charge in [-0.05, 0) is 74.4 Å². The van der Waals surface area contributed by atoms with Crippen molar-refractivity contribution in [3.63, 3.8) is 0 Å². The van der Waals surface area contributed by atoms with Gasteiger partial charge in [0.1, 0.15) is 9.71 Å². The van der Waals surface area contributed by atoms with Crippen molar-refractivity contribution in [2.75, 3.05) is 11.9 Å². The predicted molar refractivity (Wildman–Crippen MR) is 124 cm³/mol. The highest BCUT2D eigenvalue weighted by atomic mass is 35.5. The maximum Gasteiger partial charge on any atom is 0.348 e. The molecule has 0 radical (unpaired) electrons. The van der Waals surface area contributed by atoms with E-state index in [-0.39, 0.29) is 12.5 Å². The molecule has 0 bridgehead atoms. The molecule has 4 aromatic rings. The van der Waals surface area contributed by atoms with Gasteiger partial charge in [-0.15, -0.1) is 11.3 Å². The number of anilines is 1. The zero-order valence-electron chi connectivity index (χ0n) is 17.2. The number of amides is 1. The molecule has 2 aromatic heterocycles. The Labute approximate surface area is 188 Å². The second kappa shape index (κ2) is 8.53. The fourth-order valence-electron chi connectivity index (χ4n) is 3.35. The maximum atomic E-state index is 12.5. The van der Waals surface area contributed by atoms with Crippen molar-refractivity contribution in [1.82, 2.24) is 9.78 Å². The molecule has 0 saturated carbocycles. The minimum Gasteiger partial charge on any atom is -0.451 e. The van der Waals surface area contributed by atoms with Crippen LogP contribution in [-0.4, -0.2) is 28.3 Å². The zero-order valence-corrected chi connectivity index (χ0v) is 18.8. The number of esters is 1. The minimum absolute atomic E-state index is 0.359. The Morgan fingerprint density at radius 2 is 1.74 bits per heavy atom. The van der Waals surface area contributed by atoms with Crippen molar-refractivity contribution in [2.24, 2.45) is 0 Å². The molecule has 1 amide bonds. The first-order valence-electron chi connectivity index (χ1n) is 9.60. The molecule has 0 aliphatic carbocycles. The molecule has 31 heavy (non-hydrogen) atoms. The van der Waals surface area contributed by atoms with Crippen LogP contribution in [0.2, 0.25) is 5.02 Å². The number of carbonyl (C=O) groups is 2. The van der Waals surface area contributed by atoms with E-state index in [1.807, 2.05) is 51.1 Å². The fraction of sp³-hybridized carbons (Fsp3) is 0.174. The van der Waals surface area contributed by atoms with Crippen LogP contribution in [0.3, 0.4) is 0 Å². The summed E-state index contributed by atoms with van der Waals surface area (Å²) in [5, 5.41) is 8.82. The number of aryl methyl sites for hydroxylation is 3. The summed E-state index contributed by atoms with van der Waals surface area (Å²) in [6.45, 7) is 5.44. The maximum absolute atomic E-state index is 12.5. The van der Waals surface area contributed by atoms with Crippen LogP contribution in [0.1, 0.15) is 26.5 Å². The Balaban J connectivity index is 1.47. The molecule has 0 aliphatic rings. The number of thiophene rings is 1. The van der Waals surface area contributed by atoms with E-state index in [0.717, 1.165) is 32.7 Å². The molecule has 0 spiro atoms. The van der Waals surface area contributed by atoms with E-state index in [0.29, 0.717) is 15.6 Å². The average molecular weight is 454 g/mol. The molecular weight excluding hydrogens is 434 g/mol. The van der Waals surface area contributed by atoms with Gasteiger partial charge in [0.2, 0.25) is 0 Å². The zero-order chi connectivity index (χ0) is 22.1. The third-order valence-electron chi connectivity index (χ3n) is 4.66. The highest BCUT2D eigenvalue weighted by molar-refractivity contribution is 7.20. The van der Waals surface area contributed by atoms with Crippen LogP contribution in [0.25, 0.3) is 15.9 Å². The number of nitrogens with one attached hydrogen (secondary N) is 1. The van der Waals surface area contributed by atoms with Crippen LogP contribution in [-0.2, 0) is 9.53 Å². The molecule has 158 valence electrons. The predicted octanol–water partition coefficient (Wildman–Crippen LogP) is 5.46. The summed E-state index contributed by atoms with van der Waals surface area (Å²) in [6, 6.07) is 14.8. The topological polar surface area (TPSA) is 73.2 Å². The van der Waals surface area contributed by atoms with Gasteiger partial charge >= 0.3 is 5.97 Å². The molecule has 6 nitrogen and oxygen atoms in total. The van der Waals surface area contributed by atoms with E-state index in [1.165, 1.54) is 11.3 Å². The summed E-state index contributed by atoms with van der Waals surface area (Å²) >= 11 is 7.25. The van der Waals surface area contributed by atoms with Crippen molar-refractivity contribution in [2.45, 2.75) is 20.8 Å². The summed E-state index contributed by atoms with van der Waals surface area (Å²) in [6.07, 6.45) is 0. The molecule has 0 fully saturated rings. The number of nitrogens with zero attached hydrogens (tertiary/aromatic N) is 2. The third-order valence-corrected chi connectivity index (χ3v) is 6.00. The normalized spacial score (nSPS) is 11.0. The largest absolute Gasteiger partial charge is 0.451 e. The Morgan fingerprint density at radius 1 is 1.06 bits per heavy atom. The molecule has 0 unspecified atom stereocenters. The average Bonchev–Trinajstić information content (AvgIpc) is 3.27. The number of benzene rings is 2. The molecule has 1 N–H and O–H groups in total. The van der Waals surface area contributed by atoms with Gasteiger partial charge < -0.3 is 10.1 Å². The smallest absolute Gasteiger partial charge is 0.348 e. The van der Waals surface area contributed by atoms with E-state index in [9.17, 15) is 9.59 Å². The molecule has 2 heterocycles. The lowest BCUT2D eigenvalue weighted by Crippen LogP contribution is -2.20. The van der Waals surface area contributed by atoms with Crippen molar-refractivity contribution < 1.29 is 14.3 Å². The van der Waals surface area contributed by atoms with Gasteiger partial charge in [-0.25, -0.2) is 9.48 Å². The molecule has 8 heteroatoms. The van der Waals surface area contributed by atoms with Gasteiger partial charge in [0.25, 0.3) is 5.91 Å². The van der Waals surface area contributed by atoms with Gasteiger partial charge in [0.05, 0.1) is 11.4 Å². The number of fused-ring (bicyclic) bond motifs is 1. The number of aromatic nitrogens is 2. The lowest BCUT2D eigenvalue weighted by atomic mass is 10.1. The highest BCUT2D eigenvalue weighted by Gasteiger charge is 2.19. The third kappa shape index (κ3) is 4.62. The second-order valence-electron chi connectivity index (χ2n) is 7.30. The molecular formula is C23H20ClN3O3S. The van der Waals surface area contributed by atoms with Crippen LogP contribution in [0.4, 0.5) is 5.69 Å². The van der Waals surface area contributed by atoms with E-state index in [1.54, 1.807) is 22.9 Å². The second-order valence-corrected chi connectivity index (χ2v) is 8.77. The van der Waals surface area contributed by atoms with Gasteiger partial charge in [0, 0.05) is 16.1 Å². The lowest BCUT2D eigenvalue weighted by Gasteiger charge is -2.08. The van der Waals surface area contributed by atoms with Crippen molar-refractivity contribution >= 4 is 50.7 Å². The standard InChI is InChI=1S/C23H20ClN3O3S/c1-13-8-14(2)10-17(9-13)25-21(28)12-30-23(29)20-11-19-15(3)26-27(22(19)31-20)18-6-4-16(24)5-7-18/h4-11H,12H2,1-3H3,(H,25,28). The molecule has 2 aromatic carbocycles. The lowest BCUT2D eigenvalue weighted by molar-refractivity contribution is -0.119. The van der Waals surface area contributed by atoms with Crippen molar-refractivity contribution in [1.29, 1.82) is 0 Å². The van der Waals surface area contributed by atoms with E-state index < -0.39 is 5.97 Å². The number of hydrogen-bond donors (Lipinski definition) is 1. The van der Waals surface area contributed by atoms with Crippen LogP contribution in [0, 0.1) is 20.8 Å². The van der Waals surface area contributed by atoms with Crippen molar-refractivity contribution in [3.8, 4) is 5.69 Å². The highest BCUT2D eigenvalue weighted by Crippen LogP contribution is 2.31. The van der Waals surface area contributed by atoms with Gasteiger partial charge in [0.15, 0.2) is 6.61 Å². The van der Waals surface area contributed by atoms with E-state index in [2.05, 4.69) is 10.4 Å². The number of carbonyl (C=O) groups excluding carboxylic acids is 2. The quantitative estimate of drug-likeness (QED) is 0.407. The van der Waals surface area contributed by atoms with Crippen LogP contribution >= 0.6 is 22.9 Å². The Kier molecular flexibility index (Phi) is 5.80. The summed E-state index contributed by atoms with van der Waals surface area (Å²) in [4.78, 5) is 26.0. The van der Waals surface area contributed by atoms with Gasteiger partial charge in [-0.3, -0.25) is 4.79 Å². The summed E-state index contributed by atoms with van der Waals surface area (Å²) in [5.74, 6) is -0.929. The monoisotopic (exact) mass is 453 g/mol. The van der Waals surface area contributed by atoms with Gasteiger partial charge in [-0.1, -0.05) is 17.7 Å². The first-order valence-corrected chi connectivity index (χ1v) is 10.8. The molecule has 0 aliphatic heterocycles. The van der Waals surface area contributed by atoms with Crippen LogP contribution in [0.15, 0.2) is 48.5 Å². The Hall–Kier alpha value is -3.16. The molecule has 4 rings (SSSR count). The van der Waals surface area contributed by atoms with Crippen molar-refractivity contribution in [3.05, 3.63) is 75.3 Å². The Morgan fingerprint density at radius 3 is 2.42 bits per heavy atom. The molecule has 0 atom stereocenters. The number of ether oxygens (including phenoxy) is 1. The Bertz CT molecular complexity index is 1270. The number of hydrogen-bond acceptors (Lipinski definition) is 5. The fourth-order valence-corrected chi connectivity index (χ4v) is 4.55. The minimum atomic E-state index is -0.543. The summed E-state index contributed by atoms with van der Waals surface area (Å²) in [7, 11) is 0. The molecule has 0 saturated heterocycles. The first kappa shape index (κ1) is 21.1. The summed E-state index contributed by atoms with van der Waals surface area (Å²) < 4.78 is 7.01.